The lowest BCUT2D eigenvalue weighted by Gasteiger charge is -2.16. The Morgan fingerprint density at radius 1 is 1.17 bits per heavy atom. The van der Waals surface area contributed by atoms with E-state index in [2.05, 4.69) is 5.32 Å². The third-order valence-corrected chi connectivity index (χ3v) is 3.89. The van der Waals surface area contributed by atoms with Gasteiger partial charge in [-0.3, -0.25) is 4.79 Å². The number of anilines is 2. The molecule has 0 aliphatic heterocycles. The molecule has 0 aromatic heterocycles. The van der Waals surface area contributed by atoms with Gasteiger partial charge >= 0.3 is 0 Å². The van der Waals surface area contributed by atoms with E-state index in [1.807, 2.05) is 56.3 Å². The van der Waals surface area contributed by atoms with Crippen molar-refractivity contribution in [1.82, 2.24) is 0 Å². The first-order chi connectivity index (χ1) is 10.9. The fourth-order valence-electron chi connectivity index (χ4n) is 2.03. The lowest BCUT2D eigenvalue weighted by Crippen LogP contribution is -2.30. The van der Waals surface area contributed by atoms with Crippen LogP contribution in [0.15, 0.2) is 42.5 Å². The van der Waals surface area contributed by atoms with Gasteiger partial charge in [0.2, 0.25) is 0 Å². The Bertz CT molecular complexity index is 684. The fourth-order valence-corrected chi connectivity index (χ4v) is 2.15. The highest BCUT2D eigenvalue weighted by Crippen LogP contribution is 2.22. The molecule has 0 aliphatic carbocycles. The van der Waals surface area contributed by atoms with E-state index in [0.717, 1.165) is 16.9 Å². The summed E-state index contributed by atoms with van der Waals surface area (Å²) in [7, 11) is 3.94. The number of nitrogens with zero attached hydrogens (tertiary/aromatic N) is 1. The third kappa shape index (κ3) is 4.63. The molecular weight excluding hydrogens is 312 g/mol. The summed E-state index contributed by atoms with van der Waals surface area (Å²) in [6, 6.07) is 13.0. The van der Waals surface area contributed by atoms with Crippen molar-refractivity contribution in [3.05, 3.63) is 53.1 Å². The number of carbonyl (C=O) groups excluding carboxylic acids is 1. The first-order valence-electron chi connectivity index (χ1n) is 7.38. The van der Waals surface area contributed by atoms with Crippen LogP contribution in [0.2, 0.25) is 5.02 Å². The normalized spacial score (nSPS) is 11.7. The third-order valence-electron chi connectivity index (χ3n) is 3.46. The first-order valence-corrected chi connectivity index (χ1v) is 7.75. The zero-order valence-corrected chi connectivity index (χ0v) is 14.5. The minimum atomic E-state index is -0.607. The first kappa shape index (κ1) is 17.2. The standard InChI is InChI=1S/C18H21ClN2O2/c1-12-11-16(9-10-17(12)19)23-13(2)18(22)20-14-5-7-15(8-6-14)21(3)4/h5-11,13H,1-4H3,(H,20,22)/t13-/m1/s1. The van der Waals surface area contributed by atoms with Gasteiger partial charge in [-0.2, -0.15) is 0 Å². The number of ether oxygens (including phenoxy) is 1. The average Bonchev–Trinajstić information content (AvgIpc) is 2.51. The number of nitrogens with one attached hydrogen (secondary N) is 1. The van der Waals surface area contributed by atoms with E-state index in [1.165, 1.54) is 0 Å². The summed E-state index contributed by atoms with van der Waals surface area (Å²) in [5.74, 6) is 0.424. The van der Waals surface area contributed by atoms with Crippen LogP contribution in [0.25, 0.3) is 0 Å². The molecule has 0 fully saturated rings. The molecule has 1 N–H and O–H groups in total. The maximum absolute atomic E-state index is 12.2. The van der Waals surface area contributed by atoms with Crippen LogP contribution in [-0.2, 0) is 4.79 Å². The monoisotopic (exact) mass is 332 g/mol. The van der Waals surface area contributed by atoms with Crippen molar-refractivity contribution in [2.75, 3.05) is 24.3 Å². The molecule has 0 radical (unpaired) electrons. The SMILES string of the molecule is Cc1cc(O[C@H](C)C(=O)Nc2ccc(N(C)C)cc2)ccc1Cl. The molecule has 0 aliphatic rings. The summed E-state index contributed by atoms with van der Waals surface area (Å²) in [5, 5.41) is 3.52. The van der Waals surface area contributed by atoms with Gasteiger partial charge < -0.3 is 15.0 Å². The molecule has 0 saturated carbocycles. The highest BCUT2D eigenvalue weighted by atomic mass is 35.5. The van der Waals surface area contributed by atoms with E-state index in [1.54, 1.807) is 19.1 Å². The molecule has 2 aromatic carbocycles. The summed E-state index contributed by atoms with van der Waals surface area (Å²) >= 11 is 5.98. The maximum atomic E-state index is 12.2. The van der Waals surface area contributed by atoms with Crippen molar-refractivity contribution >= 4 is 28.9 Å². The fraction of sp³-hybridized carbons (Fsp3) is 0.278. The molecule has 2 aromatic rings. The predicted octanol–water partition coefficient (Wildman–Crippen LogP) is 4.12. The van der Waals surface area contributed by atoms with E-state index in [9.17, 15) is 4.79 Å². The van der Waals surface area contributed by atoms with Crippen molar-refractivity contribution in [3.63, 3.8) is 0 Å². The molecule has 122 valence electrons. The molecule has 1 atom stereocenters. The number of aryl methyl sites for hydroxylation is 1. The molecule has 0 bridgehead atoms. The van der Waals surface area contributed by atoms with E-state index < -0.39 is 6.10 Å². The number of carbonyl (C=O) groups is 1. The lowest BCUT2D eigenvalue weighted by molar-refractivity contribution is -0.122. The van der Waals surface area contributed by atoms with Crippen LogP contribution in [0, 0.1) is 6.92 Å². The van der Waals surface area contributed by atoms with Crippen LogP contribution >= 0.6 is 11.6 Å². The second kappa shape index (κ2) is 7.38. The topological polar surface area (TPSA) is 41.6 Å². The molecular formula is C18H21ClN2O2. The van der Waals surface area contributed by atoms with Gasteiger partial charge in [0, 0.05) is 30.5 Å². The largest absolute Gasteiger partial charge is 0.481 e. The highest BCUT2D eigenvalue weighted by Gasteiger charge is 2.15. The lowest BCUT2D eigenvalue weighted by atomic mass is 10.2. The van der Waals surface area contributed by atoms with Gasteiger partial charge in [0.25, 0.3) is 5.91 Å². The molecule has 23 heavy (non-hydrogen) atoms. The second-order valence-corrected chi connectivity index (χ2v) is 6.01. The van der Waals surface area contributed by atoms with Crippen LogP contribution in [0.4, 0.5) is 11.4 Å². The number of hydrogen-bond acceptors (Lipinski definition) is 3. The molecule has 0 spiro atoms. The summed E-state index contributed by atoms with van der Waals surface area (Å²) in [6.45, 7) is 3.61. The molecule has 0 saturated heterocycles. The van der Waals surface area contributed by atoms with Crippen LogP contribution in [0.5, 0.6) is 5.75 Å². The number of amides is 1. The Morgan fingerprint density at radius 2 is 1.83 bits per heavy atom. The zero-order chi connectivity index (χ0) is 17.0. The molecule has 1 amide bonds. The molecule has 0 unspecified atom stereocenters. The Labute approximate surface area is 142 Å². The van der Waals surface area contributed by atoms with E-state index in [-0.39, 0.29) is 5.91 Å². The van der Waals surface area contributed by atoms with Crippen molar-refractivity contribution in [1.29, 1.82) is 0 Å². The Hall–Kier alpha value is -2.20. The van der Waals surface area contributed by atoms with Crippen LogP contribution in [0.1, 0.15) is 12.5 Å². The number of rotatable bonds is 5. The summed E-state index contributed by atoms with van der Waals surface area (Å²) < 4.78 is 5.67. The predicted molar refractivity (Wildman–Crippen MR) is 95.7 cm³/mol. The Morgan fingerprint density at radius 3 is 2.39 bits per heavy atom. The Kier molecular flexibility index (Phi) is 5.50. The average molecular weight is 333 g/mol. The Balaban J connectivity index is 1.97. The van der Waals surface area contributed by atoms with Gasteiger partial charge in [0.1, 0.15) is 5.75 Å². The number of hydrogen-bond donors (Lipinski definition) is 1. The van der Waals surface area contributed by atoms with Gasteiger partial charge in [0.05, 0.1) is 0 Å². The smallest absolute Gasteiger partial charge is 0.265 e. The second-order valence-electron chi connectivity index (χ2n) is 5.60. The quantitative estimate of drug-likeness (QED) is 0.895. The van der Waals surface area contributed by atoms with Gasteiger partial charge in [-0.05, 0) is 61.9 Å². The molecule has 5 heteroatoms. The number of benzene rings is 2. The van der Waals surface area contributed by atoms with Crippen molar-refractivity contribution in [2.24, 2.45) is 0 Å². The summed E-state index contributed by atoms with van der Waals surface area (Å²) in [6.07, 6.45) is -0.607. The highest BCUT2D eigenvalue weighted by molar-refractivity contribution is 6.31. The number of halogens is 1. The van der Waals surface area contributed by atoms with E-state index in [4.69, 9.17) is 16.3 Å². The zero-order valence-electron chi connectivity index (χ0n) is 13.8. The van der Waals surface area contributed by atoms with Gasteiger partial charge in [-0.15, -0.1) is 0 Å². The summed E-state index contributed by atoms with van der Waals surface area (Å²) in [5.41, 5.74) is 2.73. The molecule has 2 rings (SSSR count). The molecule has 0 heterocycles. The van der Waals surface area contributed by atoms with Crippen molar-refractivity contribution < 1.29 is 9.53 Å². The van der Waals surface area contributed by atoms with Crippen LogP contribution in [0.3, 0.4) is 0 Å². The van der Waals surface area contributed by atoms with Gasteiger partial charge in [0.15, 0.2) is 6.10 Å². The van der Waals surface area contributed by atoms with Crippen molar-refractivity contribution in [3.8, 4) is 5.75 Å². The minimum Gasteiger partial charge on any atom is -0.481 e. The minimum absolute atomic E-state index is 0.199. The van der Waals surface area contributed by atoms with E-state index in [0.29, 0.717) is 10.8 Å². The van der Waals surface area contributed by atoms with Crippen LogP contribution in [-0.4, -0.2) is 26.1 Å². The van der Waals surface area contributed by atoms with Crippen LogP contribution < -0.4 is 15.0 Å². The summed E-state index contributed by atoms with van der Waals surface area (Å²) in [4.78, 5) is 14.2. The van der Waals surface area contributed by atoms with E-state index >= 15 is 0 Å². The van der Waals surface area contributed by atoms with Gasteiger partial charge in [-0.25, -0.2) is 0 Å². The molecule has 4 nitrogen and oxygen atoms in total. The van der Waals surface area contributed by atoms with Crippen molar-refractivity contribution in [2.45, 2.75) is 20.0 Å². The van der Waals surface area contributed by atoms with Gasteiger partial charge in [-0.1, -0.05) is 11.6 Å². The maximum Gasteiger partial charge on any atom is 0.265 e.